The number of nitrogens with one attached hydrogen (secondary N) is 1. The molecule has 8 nitrogen and oxygen atoms in total. The number of benzene rings is 1. The van der Waals surface area contributed by atoms with Gasteiger partial charge in [-0.2, -0.15) is 0 Å². The molecule has 3 amide bonds. The van der Waals surface area contributed by atoms with E-state index in [1.165, 1.54) is 5.06 Å². The molecule has 1 aromatic carbocycles. The zero-order valence-corrected chi connectivity index (χ0v) is 13.0. The number of amides is 3. The Kier molecular flexibility index (Phi) is 3.42. The number of nitrogens with two attached hydrogens (primary N) is 1. The topological polar surface area (TPSA) is 108 Å². The predicted molar refractivity (Wildman–Crippen MR) is 82.3 cm³/mol. The molecular formula is C16H18N4O4. The van der Waals surface area contributed by atoms with Crippen LogP contribution in [0.5, 0.6) is 0 Å². The van der Waals surface area contributed by atoms with E-state index < -0.39 is 5.91 Å². The molecule has 0 radical (unpaired) electrons. The lowest BCUT2D eigenvalue weighted by atomic mass is 9.89. The zero-order chi connectivity index (χ0) is 16.8. The van der Waals surface area contributed by atoms with Crippen molar-refractivity contribution in [3.63, 3.8) is 0 Å². The minimum absolute atomic E-state index is 0.0584. The molecule has 2 atom stereocenters. The molecule has 0 unspecified atom stereocenters. The fourth-order valence-electron chi connectivity index (χ4n) is 3.81. The van der Waals surface area contributed by atoms with E-state index in [1.54, 1.807) is 23.1 Å². The predicted octanol–water partition coefficient (Wildman–Crippen LogP) is 0.924. The number of hydrazine groups is 1. The third-order valence-electron chi connectivity index (χ3n) is 5.05. The molecule has 2 aliphatic heterocycles. The van der Waals surface area contributed by atoms with Gasteiger partial charge in [0.15, 0.2) is 0 Å². The van der Waals surface area contributed by atoms with Crippen LogP contribution in [0.15, 0.2) is 18.2 Å². The number of nitrogens with zero attached hydrogens (tertiary/aromatic N) is 2. The van der Waals surface area contributed by atoms with E-state index >= 15 is 0 Å². The Labute approximate surface area is 138 Å². The molecule has 1 saturated heterocycles. The van der Waals surface area contributed by atoms with Gasteiger partial charge < -0.3 is 9.74 Å². The van der Waals surface area contributed by atoms with Crippen molar-refractivity contribution in [2.45, 2.75) is 44.3 Å². The first kappa shape index (κ1) is 14.9. The summed E-state index contributed by atoms with van der Waals surface area (Å²) in [7, 11) is 0. The second-order valence-corrected chi connectivity index (χ2v) is 6.38. The van der Waals surface area contributed by atoms with Crippen molar-refractivity contribution in [3.8, 4) is 0 Å². The first-order chi connectivity index (χ1) is 11.6. The minimum atomic E-state index is -0.428. The minimum Gasteiger partial charge on any atom is -0.329 e. The van der Waals surface area contributed by atoms with Crippen LogP contribution in [0.1, 0.15) is 52.0 Å². The molecule has 126 valence electrons. The second kappa shape index (κ2) is 5.48. The first-order valence-corrected chi connectivity index (χ1v) is 8.06. The maximum Gasteiger partial charge on any atom is 0.468 e. The van der Waals surface area contributed by atoms with E-state index in [-0.39, 0.29) is 24.1 Å². The van der Waals surface area contributed by atoms with Gasteiger partial charge in [-0.25, -0.2) is 10.6 Å². The molecule has 0 aromatic heterocycles. The summed E-state index contributed by atoms with van der Waals surface area (Å²) in [5, 5.41) is 1.38. The van der Waals surface area contributed by atoms with Gasteiger partial charge in [0.25, 0.3) is 11.8 Å². The maximum absolute atomic E-state index is 12.8. The van der Waals surface area contributed by atoms with Crippen LogP contribution < -0.4 is 11.3 Å². The Balaban J connectivity index is 1.60. The van der Waals surface area contributed by atoms with E-state index in [9.17, 15) is 14.4 Å². The lowest BCUT2D eigenvalue weighted by Gasteiger charge is -2.36. The highest BCUT2D eigenvalue weighted by atomic mass is 16.9. The lowest BCUT2D eigenvalue weighted by Crippen LogP contribution is -2.48. The van der Waals surface area contributed by atoms with Gasteiger partial charge in [-0.05, 0) is 30.5 Å². The van der Waals surface area contributed by atoms with Gasteiger partial charge in [-0.3, -0.25) is 15.0 Å². The number of carbonyl (C=O) groups excluding carboxylic acids is 3. The van der Waals surface area contributed by atoms with E-state index in [2.05, 4.69) is 5.43 Å². The van der Waals surface area contributed by atoms with E-state index in [1.807, 2.05) is 0 Å². The van der Waals surface area contributed by atoms with Gasteiger partial charge >= 0.3 is 6.09 Å². The third kappa shape index (κ3) is 2.30. The van der Waals surface area contributed by atoms with Crippen molar-refractivity contribution in [3.05, 3.63) is 34.9 Å². The molecule has 4 rings (SSSR count). The average Bonchev–Trinajstić information content (AvgIpc) is 3.25. The van der Waals surface area contributed by atoms with E-state index in [0.717, 1.165) is 31.2 Å². The van der Waals surface area contributed by atoms with Gasteiger partial charge in [0.2, 0.25) is 0 Å². The van der Waals surface area contributed by atoms with Crippen LogP contribution in [0.3, 0.4) is 0 Å². The highest BCUT2D eigenvalue weighted by Crippen LogP contribution is 2.36. The van der Waals surface area contributed by atoms with Crippen LogP contribution in [-0.4, -0.2) is 40.0 Å². The molecule has 1 aliphatic carbocycles. The number of carbonyl (C=O) groups is 3. The van der Waals surface area contributed by atoms with Crippen molar-refractivity contribution in [1.29, 1.82) is 0 Å². The summed E-state index contributed by atoms with van der Waals surface area (Å²) in [6.45, 7) is 0.488. The number of rotatable bonds is 3. The summed E-state index contributed by atoms with van der Waals surface area (Å²) in [4.78, 5) is 42.6. The van der Waals surface area contributed by atoms with E-state index in [0.29, 0.717) is 17.7 Å². The van der Waals surface area contributed by atoms with Crippen LogP contribution in [0.2, 0.25) is 0 Å². The smallest absolute Gasteiger partial charge is 0.329 e. The summed E-state index contributed by atoms with van der Waals surface area (Å²) < 4.78 is 0. The molecule has 1 aromatic rings. The van der Waals surface area contributed by atoms with Gasteiger partial charge in [0.05, 0.1) is 12.1 Å². The Bertz CT molecular complexity index is 735. The van der Waals surface area contributed by atoms with Crippen molar-refractivity contribution >= 4 is 17.9 Å². The number of hydrogen-bond acceptors (Lipinski definition) is 5. The second-order valence-electron chi connectivity index (χ2n) is 6.38. The summed E-state index contributed by atoms with van der Waals surface area (Å²) in [6.07, 6.45) is 3.39. The Morgan fingerprint density at radius 1 is 1.21 bits per heavy atom. The fraction of sp³-hybridized carbons (Fsp3) is 0.438. The quantitative estimate of drug-likeness (QED) is 0.371. The van der Waals surface area contributed by atoms with Crippen molar-refractivity contribution in [2.75, 3.05) is 0 Å². The van der Waals surface area contributed by atoms with Crippen LogP contribution in [0, 0.1) is 0 Å². The number of nitrogen functional groups attached to an aromatic ring is 1. The van der Waals surface area contributed by atoms with Crippen molar-refractivity contribution in [1.82, 2.24) is 15.4 Å². The Morgan fingerprint density at radius 2 is 1.92 bits per heavy atom. The Hall–Kier alpha value is -2.61. The number of hydrogen-bond donors (Lipinski definition) is 2. The van der Waals surface area contributed by atoms with Gasteiger partial charge in [-0.15, -0.1) is 5.06 Å². The fourth-order valence-corrected chi connectivity index (χ4v) is 3.81. The molecule has 8 heteroatoms. The summed E-state index contributed by atoms with van der Waals surface area (Å²) in [6, 6.07) is 4.88. The number of fused-ring (bicyclic) bond motifs is 1. The van der Waals surface area contributed by atoms with Gasteiger partial charge in [-0.1, -0.05) is 18.9 Å². The molecule has 2 fully saturated rings. The third-order valence-corrected chi connectivity index (χ3v) is 5.05. The number of hydroxylamine groups is 2. The standard InChI is InChI=1S/C16H18N4O4/c17-18-14(21)9-5-6-10-8-19(15(22)11(10)7-9)12-3-1-2-4-13(12)20-16(23)24-20/h5-7,12-13H,1-4,8,17H2,(H,18,21)/t12-,13-,20?/m1/s1. The molecule has 0 bridgehead atoms. The Morgan fingerprint density at radius 3 is 2.58 bits per heavy atom. The lowest BCUT2D eigenvalue weighted by molar-refractivity contribution is 0.0305. The SMILES string of the molecule is NNC(=O)c1ccc2c(c1)C(=O)N([C@@H]1CCCC[C@H]1N1OC1=O)C2. The molecule has 24 heavy (non-hydrogen) atoms. The van der Waals surface area contributed by atoms with Crippen LogP contribution in [-0.2, 0) is 11.4 Å². The summed E-state index contributed by atoms with van der Waals surface area (Å²) in [5.74, 6) is 4.62. The molecule has 0 spiro atoms. The largest absolute Gasteiger partial charge is 0.468 e. The van der Waals surface area contributed by atoms with Crippen LogP contribution in [0.4, 0.5) is 4.79 Å². The summed E-state index contributed by atoms with van der Waals surface area (Å²) in [5.41, 5.74) is 3.84. The normalized spacial score (nSPS) is 25.4. The molecule has 2 heterocycles. The molecular weight excluding hydrogens is 312 g/mol. The average molecular weight is 330 g/mol. The highest BCUT2D eigenvalue weighted by molar-refractivity contribution is 6.02. The highest BCUT2D eigenvalue weighted by Gasteiger charge is 2.49. The van der Waals surface area contributed by atoms with Gasteiger partial charge in [0.1, 0.15) is 0 Å². The van der Waals surface area contributed by atoms with Gasteiger partial charge in [0, 0.05) is 17.7 Å². The molecule has 3 aliphatic rings. The molecule has 3 N–H and O–H groups in total. The van der Waals surface area contributed by atoms with Crippen LogP contribution in [0.25, 0.3) is 0 Å². The summed E-state index contributed by atoms with van der Waals surface area (Å²) >= 11 is 0. The zero-order valence-electron chi connectivity index (χ0n) is 13.0. The van der Waals surface area contributed by atoms with Crippen molar-refractivity contribution in [2.24, 2.45) is 5.84 Å². The monoisotopic (exact) mass is 330 g/mol. The maximum atomic E-state index is 12.8. The van der Waals surface area contributed by atoms with Crippen LogP contribution >= 0.6 is 0 Å². The molecule has 1 saturated carbocycles. The van der Waals surface area contributed by atoms with Crippen molar-refractivity contribution < 1.29 is 19.2 Å². The first-order valence-electron chi connectivity index (χ1n) is 8.06. The van der Waals surface area contributed by atoms with E-state index in [4.69, 9.17) is 10.7 Å².